The number of aromatic nitrogens is 1. The Morgan fingerprint density at radius 3 is 2.36 bits per heavy atom. The van der Waals surface area contributed by atoms with Gasteiger partial charge in [0, 0.05) is 23.1 Å². The third-order valence-corrected chi connectivity index (χ3v) is 6.52. The summed E-state index contributed by atoms with van der Waals surface area (Å²) in [5.41, 5.74) is 4.81. The van der Waals surface area contributed by atoms with E-state index in [1.54, 1.807) is 21.3 Å². The topological polar surface area (TPSA) is 75.8 Å². The standard InChI is InChI=1S/C26H33N3O4/c1-17-25(20-7-5-6-8-21(20)28-17)19-9-11-29(12-10-19)16-24(30)27-15-18-13-22(31-2)26(33-4)23(14-18)32-3/h5-8,13-14,19,28H,9-12,15-16H2,1-4H3,(H,27,30). The van der Waals surface area contributed by atoms with Crippen LogP contribution in [0.5, 0.6) is 17.2 Å². The zero-order chi connectivity index (χ0) is 23.4. The van der Waals surface area contributed by atoms with E-state index in [0.29, 0.717) is 36.3 Å². The zero-order valence-corrected chi connectivity index (χ0v) is 19.9. The van der Waals surface area contributed by atoms with Crippen LogP contribution >= 0.6 is 0 Å². The van der Waals surface area contributed by atoms with Gasteiger partial charge in [0.1, 0.15) is 0 Å². The molecule has 1 saturated heterocycles. The second kappa shape index (κ2) is 10.2. The van der Waals surface area contributed by atoms with E-state index < -0.39 is 0 Å². The van der Waals surface area contributed by atoms with Crippen LogP contribution in [0.15, 0.2) is 36.4 Å². The van der Waals surface area contributed by atoms with Crippen LogP contribution in [0.2, 0.25) is 0 Å². The number of ether oxygens (including phenoxy) is 3. The smallest absolute Gasteiger partial charge is 0.234 e. The molecule has 7 heteroatoms. The van der Waals surface area contributed by atoms with Crippen molar-refractivity contribution in [3.8, 4) is 17.2 Å². The summed E-state index contributed by atoms with van der Waals surface area (Å²) >= 11 is 0. The molecule has 0 saturated carbocycles. The van der Waals surface area contributed by atoms with Gasteiger partial charge < -0.3 is 24.5 Å². The van der Waals surface area contributed by atoms with Crippen molar-refractivity contribution in [2.75, 3.05) is 41.0 Å². The maximum Gasteiger partial charge on any atom is 0.234 e. The van der Waals surface area contributed by atoms with Crippen LogP contribution in [0, 0.1) is 6.92 Å². The molecule has 2 N–H and O–H groups in total. The highest BCUT2D eigenvalue weighted by molar-refractivity contribution is 5.85. The Kier molecular flexibility index (Phi) is 7.08. The summed E-state index contributed by atoms with van der Waals surface area (Å²) in [5.74, 6) is 2.25. The summed E-state index contributed by atoms with van der Waals surface area (Å²) in [5, 5.41) is 4.35. The Morgan fingerprint density at radius 1 is 1.06 bits per heavy atom. The average Bonchev–Trinajstić information content (AvgIpc) is 3.18. The monoisotopic (exact) mass is 451 g/mol. The van der Waals surface area contributed by atoms with Gasteiger partial charge in [0.2, 0.25) is 11.7 Å². The zero-order valence-electron chi connectivity index (χ0n) is 19.9. The number of carbonyl (C=O) groups is 1. The van der Waals surface area contributed by atoms with Crippen LogP contribution in [-0.4, -0.2) is 56.8 Å². The molecule has 7 nitrogen and oxygen atoms in total. The van der Waals surface area contributed by atoms with E-state index in [1.165, 1.54) is 22.2 Å². The highest BCUT2D eigenvalue weighted by Crippen LogP contribution is 2.38. The van der Waals surface area contributed by atoms with E-state index in [0.717, 1.165) is 31.5 Å². The number of aromatic amines is 1. The molecule has 0 bridgehead atoms. The van der Waals surface area contributed by atoms with Gasteiger partial charge in [-0.3, -0.25) is 9.69 Å². The number of benzene rings is 2. The highest BCUT2D eigenvalue weighted by Gasteiger charge is 2.25. The predicted molar refractivity (Wildman–Crippen MR) is 129 cm³/mol. The van der Waals surface area contributed by atoms with Crippen molar-refractivity contribution in [3.63, 3.8) is 0 Å². The number of aryl methyl sites for hydroxylation is 1. The molecule has 0 spiro atoms. The lowest BCUT2D eigenvalue weighted by atomic mass is 9.87. The van der Waals surface area contributed by atoms with Gasteiger partial charge in [-0.25, -0.2) is 0 Å². The number of para-hydroxylation sites is 1. The maximum absolute atomic E-state index is 12.6. The number of H-pyrrole nitrogens is 1. The second-order valence-corrected chi connectivity index (χ2v) is 8.57. The molecule has 0 atom stereocenters. The molecule has 0 radical (unpaired) electrons. The molecule has 0 unspecified atom stereocenters. The van der Waals surface area contributed by atoms with Crippen molar-refractivity contribution in [3.05, 3.63) is 53.2 Å². The van der Waals surface area contributed by atoms with Gasteiger partial charge in [-0.2, -0.15) is 0 Å². The minimum atomic E-state index is 0.0190. The van der Waals surface area contributed by atoms with E-state index in [2.05, 4.69) is 46.4 Å². The first kappa shape index (κ1) is 23.0. The number of fused-ring (bicyclic) bond motifs is 1. The lowest BCUT2D eigenvalue weighted by Gasteiger charge is -2.31. The first-order valence-electron chi connectivity index (χ1n) is 11.4. The quantitative estimate of drug-likeness (QED) is 0.542. The van der Waals surface area contributed by atoms with Crippen molar-refractivity contribution in [2.45, 2.75) is 32.2 Å². The van der Waals surface area contributed by atoms with Gasteiger partial charge in [0.15, 0.2) is 11.5 Å². The molecule has 1 aliphatic rings. The van der Waals surface area contributed by atoms with Crippen LogP contribution in [0.1, 0.15) is 35.6 Å². The van der Waals surface area contributed by atoms with Gasteiger partial charge in [-0.1, -0.05) is 18.2 Å². The Labute approximate surface area is 195 Å². The Morgan fingerprint density at radius 2 is 1.73 bits per heavy atom. The minimum absolute atomic E-state index is 0.0190. The number of carbonyl (C=O) groups excluding carboxylic acids is 1. The molecule has 1 aromatic heterocycles. The number of nitrogens with one attached hydrogen (secondary N) is 2. The van der Waals surface area contributed by atoms with Crippen molar-refractivity contribution < 1.29 is 19.0 Å². The Bertz CT molecular complexity index is 1090. The Balaban J connectivity index is 1.31. The molecule has 1 fully saturated rings. The molecule has 0 aliphatic carbocycles. The van der Waals surface area contributed by atoms with Crippen LogP contribution in [-0.2, 0) is 11.3 Å². The van der Waals surface area contributed by atoms with Crippen molar-refractivity contribution >= 4 is 16.8 Å². The fourth-order valence-corrected chi connectivity index (χ4v) is 4.90. The number of hydrogen-bond acceptors (Lipinski definition) is 5. The van der Waals surface area contributed by atoms with Gasteiger partial charge in [-0.15, -0.1) is 0 Å². The molecule has 3 aromatic rings. The summed E-state index contributed by atoms with van der Waals surface area (Å²) in [6.07, 6.45) is 2.12. The van der Waals surface area contributed by atoms with Gasteiger partial charge >= 0.3 is 0 Å². The first-order valence-corrected chi connectivity index (χ1v) is 11.4. The molecule has 33 heavy (non-hydrogen) atoms. The van der Waals surface area contributed by atoms with E-state index in [4.69, 9.17) is 14.2 Å². The van der Waals surface area contributed by atoms with Crippen LogP contribution in [0.25, 0.3) is 10.9 Å². The van der Waals surface area contributed by atoms with Gasteiger partial charge in [-0.05, 0) is 68.1 Å². The van der Waals surface area contributed by atoms with Crippen LogP contribution < -0.4 is 19.5 Å². The molecule has 2 heterocycles. The van der Waals surface area contributed by atoms with E-state index in [1.807, 2.05) is 12.1 Å². The van der Waals surface area contributed by atoms with E-state index in [-0.39, 0.29) is 5.91 Å². The molecular formula is C26H33N3O4. The molecule has 2 aromatic carbocycles. The number of nitrogens with zero attached hydrogens (tertiary/aromatic N) is 1. The summed E-state index contributed by atoms with van der Waals surface area (Å²) in [6, 6.07) is 12.2. The van der Waals surface area contributed by atoms with E-state index >= 15 is 0 Å². The van der Waals surface area contributed by atoms with Gasteiger partial charge in [0.05, 0.1) is 27.9 Å². The SMILES string of the molecule is COc1cc(CNC(=O)CN2CCC(c3c(C)[nH]c4ccccc34)CC2)cc(OC)c1OC. The predicted octanol–water partition coefficient (Wildman–Crippen LogP) is 4.00. The lowest BCUT2D eigenvalue weighted by molar-refractivity contribution is -0.122. The molecule has 1 aliphatic heterocycles. The number of piperidine rings is 1. The summed E-state index contributed by atoms with van der Waals surface area (Å²) in [4.78, 5) is 18.4. The largest absolute Gasteiger partial charge is 0.493 e. The molecule has 4 rings (SSSR count). The number of rotatable bonds is 8. The van der Waals surface area contributed by atoms with Crippen molar-refractivity contribution in [1.82, 2.24) is 15.2 Å². The minimum Gasteiger partial charge on any atom is -0.493 e. The number of methoxy groups -OCH3 is 3. The molecule has 1 amide bonds. The maximum atomic E-state index is 12.6. The average molecular weight is 452 g/mol. The number of hydrogen-bond donors (Lipinski definition) is 2. The normalized spacial score (nSPS) is 14.9. The number of likely N-dealkylation sites (tertiary alicyclic amines) is 1. The lowest BCUT2D eigenvalue weighted by Crippen LogP contribution is -2.41. The Hall–Kier alpha value is -3.19. The van der Waals surface area contributed by atoms with Crippen molar-refractivity contribution in [1.29, 1.82) is 0 Å². The van der Waals surface area contributed by atoms with Crippen LogP contribution in [0.3, 0.4) is 0 Å². The number of amides is 1. The molecular weight excluding hydrogens is 418 g/mol. The fraction of sp³-hybridized carbons (Fsp3) is 0.423. The first-order chi connectivity index (χ1) is 16.0. The summed E-state index contributed by atoms with van der Waals surface area (Å²) < 4.78 is 16.2. The third-order valence-electron chi connectivity index (χ3n) is 6.52. The summed E-state index contributed by atoms with van der Waals surface area (Å²) in [7, 11) is 4.74. The summed E-state index contributed by atoms with van der Waals surface area (Å²) in [6.45, 7) is 4.81. The van der Waals surface area contributed by atoms with Crippen LogP contribution in [0.4, 0.5) is 0 Å². The second-order valence-electron chi connectivity index (χ2n) is 8.57. The van der Waals surface area contributed by atoms with Gasteiger partial charge in [0.25, 0.3) is 0 Å². The fourth-order valence-electron chi connectivity index (χ4n) is 4.90. The van der Waals surface area contributed by atoms with E-state index in [9.17, 15) is 4.79 Å². The third kappa shape index (κ3) is 4.93. The molecule has 176 valence electrons. The van der Waals surface area contributed by atoms with Crippen molar-refractivity contribution in [2.24, 2.45) is 0 Å². The highest BCUT2D eigenvalue weighted by atomic mass is 16.5.